The lowest BCUT2D eigenvalue weighted by Gasteiger charge is -2.06. The lowest BCUT2D eigenvalue weighted by Crippen LogP contribution is -2.40. The molecule has 0 aromatic heterocycles. The molecule has 24 heavy (non-hydrogen) atoms. The molecular weight excluding hydrogens is 304 g/mol. The first-order valence-corrected chi connectivity index (χ1v) is 7.64. The zero-order chi connectivity index (χ0) is 17.4. The number of ether oxygens (including phenoxy) is 1. The van der Waals surface area contributed by atoms with Crippen LogP contribution in [0.2, 0.25) is 0 Å². The molecule has 0 unspecified atom stereocenters. The van der Waals surface area contributed by atoms with Crippen molar-refractivity contribution in [2.24, 2.45) is 0 Å². The Morgan fingerprint density at radius 3 is 2.42 bits per heavy atom. The number of benzene rings is 2. The fourth-order valence-electron chi connectivity index (χ4n) is 2.09. The molecule has 0 aliphatic rings. The first-order chi connectivity index (χ1) is 11.6. The molecule has 5 nitrogen and oxygen atoms in total. The average molecular weight is 324 g/mol. The Morgan fingerprint density at radius 2 is 1.75 bits per heavy atom. The Morgan fingerprint density at radius 1 is 1.04 bits per heavy atom. The predicted octanol–water partition coefficient (Wildman–Crippen LogP) is 2.73. The predicted molar refractivity (Wildman–Crippen MR) is 93.5 cm³/mol. The molecule has 2 amide bonds. The maximum Gasteiger partial charge on any atom is 0.269 e. The van der Waals surface area contributed by atoms with Crippen molar-refractivity contribution in [3.63, 3.8) is 0 Å². The third-order valence-corrected chi connectivity index (χ3v) is 3.48. The van der Waals surface area contributed by atoms with Gasteiger partial charge in [-0.3, -0.25) is 20.4 Å². The van der Waals surface area contributed by atoms with Crippen LogP contribution < -0.4 is 15.6 Å². The number of para-hydroxylation sites is 1. The van der Waals surface area contributed by atoms with Gasteiger partial charge in [0, 0.05) is 17.2 Å². The van der Waals surface area contributed by atoms with Crippen molar-refractivity contribution >= 4 is 17.9 Å². The van der Waals surface area contributed by atoms with Gasteiger partial charge in [0.1, 0.15) is 5.75 Å². The molecule has 0 bridgehead atoms. The maximum absolute atomic E-state index is 12.0. The van der Waals surface area contributed by atoms with Gasteiger partial charge in [0.15, 0.2) is 0 Å². The van der Waals surface area contributed by atoms with Gasteiger partial charge in [-0.25, -0.2) is 0 Å². The summed E-state index contributed by atoms with van der Waals surface area (Å²) in [4.78, 5) is 23.8. The van der Waals surface area contributed by atoms with E-state index in [9.17, 15) is 9.59 Å². The van der Waals surface area contributed by atoms with E-state index < -0.39 is 5.91 Å². The monoisotopic (exact) mass is 324 g/mol. The summed E-state index contributed by atoms with van der Waals surface area (Å²) in [7, 11) is 1.57. The molecule has 0 saturated carbocycles. The number of aryl methyl sites for hydroxylation is 1. The smallest absolute Gasteiger partial charge is 0.269 e. The van der Waals surface area contributed by atoms with Crippen molar-refractivity contribution in [3.05, 3.63) is 71.3 Å². The van der Waals surface area contributed by atoms with E-state index in [2.05, 4.69) is 10.9 Å². The fourth-order valence-corrected chi connectivity index (χ4v) is 2.09. The topological polar surface area (TPSA) is 67.4 Å². The summed E-state index contributed by atoms with van der Waals surface area (Å²) in [6.45, 7) is 2.05. The number of hydrogen-bond donors (Lipinski definition) is 2. The van der Waals surface area contributed by atoms with E-state index >= 15 is 0 Å². The molecule has 0 spiro atoms. The highest BCUT2D eigenvalue weighted by Crippen LogP contribution is 2.18. The highest BCUT2D eigenvalue weighted by molar-refractivity contribution is 5.98. The van der Waals surface area contributed by atoms with Crippen LogP contribution in [0.25, 0.3) is 6.08 Å². The van der Waals surface area contributed by atoms with Gasteiger partial charge in [-0.15, -0.1) is 0 Å². The van der Waals surface area contributed by atoms with E-state index in [-0.39, 0.29) is 5.91 Å². The van der Waals surface area contributed by atoms with Crippen LogP contribution in [0.4, 0.5) is 0 Å². The minimum Gasteiger partial charge on any atom is -0.496 e. The third kappa shape index (κ3) is 4.71. The molecule has 0 fully saturated rings. The minimum absolute atomic E-state index is 0.364. The number of rotatable bonds is 5. The van der Waals surface area contributed by atoms with Crippen LogP contribution in [0, 0.1) is 0 Å². The van der Waals surface area contributed by atoms with Gasteiger partial charge in [0.2, 0.25) is 0 Å². The third-order valence-electron chi connectivity index (χ3n) is 3.48. The van der Waals surface area contributed by atoms with Crippen LogP contribution in [0.3, 0.4) is 0 Å². The van der Waals surface area contributed by atoms with Gasteiger partial charge >= 0.3 is 0 Å². The largest absolute Gasteiger partial charge is 0.496 e. The highest BCUT2D eigenvalue weighted by Gasteiger charge is 2.06. The molecule has 2 aromatic rings. The Balaban J connectivity index is 1.90. The zero-order valence-electron chi connectivity index (χ0n) is 13.7. The second kappa shape index (κ2) is 8.53. The van der Waals surface area contributed by atoms with Gasteiger partial charge in [-0.05, 0) is 36.3 Å². The molecule has 2 rings (SSSR count). The summed E-state index contributed by atoms with van der Waals surface area (Å²) in [6.07, 6.45) is 3.86. The number of nitrogens with one attached hydrogen (secondary N) is 2. The summed E-state index contributed by atoms with van der Waals surface area (Å²) in [5.41, 5.74) is 7.14. The average Bonchev–Trinajstić information content (AvgIpc) is 2.64. The number of carbonyl (C=O) groups is 2. The number of amides is 2. The normalized spacial score (nSPS) is 10.4. The van der Waals surface area contributed by atoms with Gasteiger partial charge in [0.05, 0.1) is 7.11 Å². The molecule has 5 heteroatoms. The molecule has 2 N–H and O–H groups in total. The lowest BCUT2D eigenvalue weighted by molar-refractivity contribution is -0.117. The minimum atomic E-state index is -0.431. The Bertz CT molecular complexity index is 737. The first-order valence-electron chi connectivity index (χ1n) is 7.64. The van der Waals surface area contributed by atoms with Gasteiger partial charge in [-0.1, -0.05) is 37.3 Å². The zero-order valence-corrected chi connectivity index (χ0v) is 13.7. The second-order valence-electron chi connectivity index (χ2n) is 5.07. The molecular formula is C19H20N2O3. The van der Waals surface area contributed by atoms with Crippen LogP contribution in [0.15, 0.2) is 54.6 Å². The van der Waals surface area contributed by atoms with Crippen LogP contribution >= 0.6 is 0 Å². The van der Waals surface area contributed by atoms with E-state index in [0.29, 0.717) is 11.3 Å². The van der Waals surface area contributed by atoms with E-state index in [4.69, 9.17) is 4.74 Å². The molecule has 0 heterocycles. The Kier molecular flexibility index (Phi) is 6.14. The second-order valence-corrected chi connectivity index (χ2v) is 5.07. The summed E-state index contributed by atoms with van der Waals surface area (Å²) in [5, 5.41) is 0. The highest BCUT2D eigenvalue weighted by atomic mass is 16.5. The van der Waals surface area contributed by atoms with Crippen molar-refractivity contribution in [3.8, 4) is 5.75 Å². The van der Waals surface area contributed by atoms with Crippen molar-refractivity contribution in [1.29, 1.82) is 0 Å². The molecule has 0 atom stereocenters. The molecule has 0 aliphatic heterocycles. The fraction of sp³-hybridized carbons (Fsp3) is 0.158. The molecule has 124 valence electrons. The molecule has 0 radical (unpaired) electrons. The van der Waals surface area contributed by atoms with Crippen molar-refractivity contribution in [2.45, 2.75) is 13.3 Å². The van der Waals surface area contributed by atoms with Crippen molar-refractivity contribution in [1.82, 2.24) is 10.9 Å². The Labute approximate surface area is 141 Å². The summed E-state index contributed by atoms with van der Waals surface area (Å²) < 4.78 is 5.20. The molecule has 0 saturated heterocycles. The summed E-state index contributed by atoms with van der Waals surface area (Å²) in [5.74, 6) is -0.127. The summed E-state index contributed by atoms with van der Waals surface area (Å²) in [6, 6.07) is 14.6. The lowest BCUT2D eigenvalue weighted by atomic mass is 10.1. The summed E-state index contributed by atoms with van der Waals surface area (Å²) >= 11 is 0. The first kappa shape index (κ1) is 17.3. The molecule has 2 aromatic carbocycles. The van der Waals surface area contributed by atoms with Crippen molar-refractivity contribution in [2.75, 3.05) is 7.11 Å². The van der Waals surface area contributed by atoms with E-state index in [1.807, 2.05) is 37.3 Å². The van der Waals surface area contributed by atoms with Gasteiger partial charge < -0.3 is 4.74 Å². The van der Waals surface area contributed by atoms with E-state index in [1.165, 1.54) is 6.08 Å². The number of methoxy groups -OCH3 is 1. The maximum atomic E-state index is 12.0. The number of carbonyl (C=O) groups excluding carboxylic acids is 2. The van der Waals surface area contributed by atoms with E-state index in [0.717, 1.165) is 17.5 Å². The van der Waals surface area contributed by atoms with Crippen LogP contribution in [0.1, 0.15) is 28.4 Å². The quantitative estimate of drug-likeness (QED) is 0.656. The van der Waals surface area contributed by atoms with Crippen LogP contribution in [-0.2, 0) is 11.2 Å². The van der Waals surface area contributed by atoms with Gasteiger partial charge in [0.25, 0.3) is 11.8 Å². The van der Waals surface area contributed by atoms with Crippen LogP contribution in [-0.4, -0.2) is 18.9 Å². The number of hydrazine groups is 1. The standard InChI is InChI=1S/C19H20N2O3/c1-3-14-8-10-16(11-9-14)19(23)21-20-18(22)13-12-15-6-4-5-7-17(15)24-2/h4-13H,3H2,1-2H3,(H,20,22)(H,21,23). The van der Waals surface area contributed by atoms with Gasteiger partial charge in [-0.2, -0.15) is 0 Å². The van der Waals surface area contributed by atoms with Crippen LogP contribution in [0.5, 0.6) is 5.75 Å². The van der Waals surface area contributed by atoms with E-state index in [1.54, 1.807) is 31.4 Å². The molecule has 0 aliphatic carbocycles. The Hall–Kier alpha value is -3.08. The SMILES string of the molecule is CCc1ccc(C(=O)NNC(=O)C=Cc2ccccc2OC)cc1. The number of hydrogen-bond acceptors (Lipinski definition) is 3. The van der Waals surface area contributed by atoms with Crippen molar-refractivity contribution < 1.29 is 14.3 Å².